The van der Waals surface area contributed by atoms with Crippen LogP contribution in [0.2, 0.25) is 0 Å². The Balaban J connectivity index is 2.38. The van der Waals surface area contributed by atoms with Crippen LogP contribution in [0.15, 0.2) is 32.0 Å². The molecule has 0 aromatic heterocycles. The molecule has 0 bridgehead atoms. The molecule has 0 saturated carbocycles. The van der Waals surface area contributed by atoms with Gasteiger partial charge < -0.3 is 0 Å². The Kier molecular flexibility index (Phi) is 4.91. The van der Waals surface area contributed by atoms with Crippen molar-refractivity contribution in [3.8, 4) is 0 Å². The SMILES string of the molecule is O=S(=O)(c1cc(Br)ccc1Br)N1CCCC(Br)C1. The van der Waals surface area contributed by atoms with Crippen molar-refractivity contribution >= 4 is 57.8 Å². The summed E-state index contributed by atoms with van der Waals surface area (Å²) in [6, 6.07) is 5.19. The fourth-order valence-electron chi connectivity index (χ4n) is 1.92. The van der Waals surface area contributed by atoms with Gasteiger partial charge in [0.05, 0.1) is 4.90 Å². The molecule has 2 rings (SSSR count). The summed E-state index contributed by atoms with van der Waals surface area (Å²) in [5.41, 5.74) is 0. The van der Waals surface area contributed by atoms with Gasteiger partial charge in [0.1, 0.15) is 0 Å². The van der Waals surface area contributed by atoms with Crippen LogP contribution in [0.25, 0.3) is 0 Å². The summed E-state index contributed by atoms with van der Waals surface area (Å²) in [5.74, 6) is 0. The second-order valence-corrected chi connectivity index (χ2v) is 9.15. The number of hydrogen-bond donors (Lipinski definition) is 0. The van der Waals surface area contributed by atoms with Crippen molar-refractivity contribution in [3.05, 3.63) is 27.1 Å². The van der Waals surface area contributed by atoms with Gasteiger partial charge in [0, 0.05) is 26.9 Å². The van der Waals surface area contributed by atoms with E-state index in [1.54, 1.807) is 16.4 Å². The fourth-order valence-corrected chi connectivity index (χ4v) is 5.78. The Labute approximate surface area is 132 Å². The van der Waals surface area contributed by atoms with Gasteiger partial charge in [-0.15, -0.1) is 0 Å². The van der Waals surface area contributed by atoms with Crippen LogP contribution < -0.4 is 0 Å². The van der Waals surface area contributed by atoms with Crippen molar-refractivity contribution in [2.24, 2.45) is 0 Å². The smallest absolute Gasteiger partial charge is 0.207 e. The molecule has 18 heavy (non-hydrogen) atoms. The zero-order chi connectivity index (χ0) is 13.3. The molecule has 1 heterocycles. The van der Waals surface area contributed by atoms with Crippen molar-refractivity contribution in [2.45, 2.75) is 22.6 Å². The quantitative estimate of drug-likeness (QED) is 0.629. The van der Waals surface area contributed by atoms with Crippen LogP contribution in [-0.4, -0.2) is 30.6 Å². The van der Waals surface area contributed by atoms with Crippen molar-refractivity contribution in [1.29, 1.82) is 0 Å². The maximum absolute atomic E-state index is 12.6. The topological polar surface area (TPSA) is 37.4 Å². The highest BCUT2D eigenvalue weighted by molar-refractivity contribution is 9.11. The maximum Gasteiger partial charge on any atom is 0.244 e. The molecule has 0 spiro atoms. The summed E-state index contributed by atoms with van der Waals surface area (Å²) in [7, 11) is -3.42. The van der Waals surface area contributed by atoms with E-state index < -0.39 is 10.0 Å². The molecule has 0 radical (unpaired) electrons. The number of rotatable bonds is 2. The van der Waals surface area contributed by atoms with E-state index in [0.29, 0.717) is 22.5 Å². The Morgan fingerprint density at radius 2 is 2.00 bits per heavy atom. The third kappa shape index (κ3) is 3.17. The molecule has 1 fully saturated rings. The molecule has 1 unspecified atom stereocenters. The molecule has 1 aliphatic heterocycles. The molecule has 0 amide bonds. The number of sulfonamides is 1. The highest BCUT2D eigenvalue weighted by Crippen LogP contribution is 2.30. The molecule has 1 aromatic carbocycles. The van der Waals surface area contributed by atoms with E-state index in [1.807, 2.05) is 6.07 Å². The van der Waals surface area contributed by atoms with Crippen molar-refractivity contribution in [2.75, 3.05) is 13.1 Å². The summed E-state index contributed by atoms with van der Waals surface area (Å²) in [4.78, 5) is 0.561. The van der Waals surface area contributed by atoms with Gasteiger partial charge in [-0.2, -0.15) is 4.31 Å². The molecule has 100 valence electrons. The van der Waals surface area contributed by atoms with Gasteiger partial charge in [-0.1, -0.05) is 31.9 Å². The molecule has 1 atom stereocenters. The van der Waals surface area contributed by atoms with Gasteiger partial charge in [-0.3, -0.25) is 0 Å². The van der Waals surface area contributed by atoms with Crippen LogP contribution in [-0.2, 0) is 10.0 Å². The van der Waals surface area contributed by atoms with Crippen molar-refractivity contribution in [1.82, 2.24) is 4.31 Å². The highest BCUT2D eigenvalue weighted by Gasteiger charge is 2.30. The second kappa shape index (κ2) is 5.91. The minimum atomic E-state index is -3.42. The van der Waals surface area contributed by atoms with Gasteiger partial charge in [-0.05, 0) is 47.0 Å². The number of alkyl halides is 1. The normalized spacial score (nSPS) is 22.1. The third-order valence-corrected chi connectivity index (χ3v) is 6.94. The number of piperidine rings is 1. The first-order valence-electron chi connectivity index (χ1n) is 5.50. The average Bonchev–Trinajstić information content (AvgIpc) is 2.32. The minimum absolute atomic E-state index is 0.243. The van der Waals surface area contributed by atoms with E-state index in [-0.39, 0.29) is 4.83 Å². The van der Waals surface area contributed by atoms with E-state index in [0.717, 1.165) is 17.3 Å². The molecule has 1 saturated heterocycles. The minimum Gasteiger partial charge on any atom is -0.207 e. The molecular weight excluding hydrogens is 450 g/mol. The number of nitrogens with zero attached hydrogens (tertiary/aromatic N) is 1. The van der Waals surface area contributed by atoms with Crippen molar-refractivity contribution in [3.63, 3.8) is 0 Å². The Hall–Kier alpha value is 0.570. The second-order valence-electron chi connectivity index (χ2n) is 4.18. The number of halogens is 3. The number of hydrogen-bond acceptors (Lipinski definition) is 2. The Bertz CT molecular complexity index is 547. The summed E-state index contributed by atoms with van der Waals surface area (Å²) >= 11 is 10.1. The Morgan fingerprint density at radius 3 is 2.67 bits per heavy atom. The number of benzene rings is 1. The third-order valence-electron chi connectivity index (χ3n) is 2.84. The predicted octanol–water partition coefficient (Wildman–Crippen LogP) is 3.76. The molecule has 0 aliphatic carbocycles. The van der Waals surface area contributed by atoms with Crippen LogP contribution in [0.4, 0.5) is 0 Å². The van der Waals surface area contributed by atoms with E-state index in [4.69, 9.17) is 0 Å². The van der Waals surface area contributed by atoms with Gasteiger partial charge in [0.25, 0.3) is 0 Å². The van der Waals surface area contributed by atoms with E-state index in [9.17, 15) is 8.42 Å². The molecule has 0 N–H and O–H groups in total. The standard InChI is InChI=1S/C11H12Br3NO2S/c12-8-3-4-10(14)11(6-8)18(16,17)15-5-1-2-9(13)7-15/h3-4,6,9H,1-2,5,7H2. The lowest BCUT2D eigenvalue weighted by Crippen LogP contribution is -2.40. The zero-order valence-corrected chi connectivity index (χ0v) is 15.0. The van der Waals surface area contributed by atoms with Gasteiger partial charge in [0.15, 0.2) is 0 Å². The van der Waals surface area contributed by atoms with Crippen LogP contribution in [0.1, 0.15) is 12.8 Å². The van der Waals surface area contributed by atoms with Gasteiger partial charge >= 0.3 is 0 Å². The van der Waals surface area contributed by atoms with E-state index in [1.165, 1.54) is 0 Å². The van der Waals surface area contributed by atoms with Crippen molar-refractivity contribution < 1.29 is 8.42 Å². The summed E-state index contributed by atoms with van der Waals surface area (Å²) in [6.07, 6.45) is 1.91. The van der Waals surface area contributed by atoms with Crippen LogP contribution in [0.3, 0.4) is 0 Å². The van der Waals surface area contributed by atoms with E-state index >= 15 is 0 Å². The van der Waals surface area contributed by atoms with Gasteiger partial charge in [0.2, 0.25) is 10.0 Å². The maximum atomic E-state index is 12.6. The lowest BCUT2D eigenvalue weighted by molar-refractivity contribution is 0.355. The zero-order valence-electron chi connectivity index (χ0n) is 9.44. The average molecular weight is 462 g/mol. The first-order valence-corrected chi connectivity index (χ1v) is 9.44. The molecule has 1 aliphatic rings. The van der Waals surface area contributed by atoms with Crippen LogP contribution >= 0.6 is 47.8 Å². The lowest BCUT2D eigenvalue weighted by atomic mass is 10.2. The fraction of sp³-hybridized carbons (Fsp3) is 0.455. The molecule has 3 nitrogen and oxygen atoms in total. The highest BCUT2D eigenvalue weighted by atomic mass is 79.9. The summed E-state index contributed by atoms with van der Waals surface area (Å²) in [6.45, 7) is 1.12. The summed E-state index contributed by atoms with van der Waals surface area (Å²) < 4.78 is 28.0. The molecular formula is C11H12Br3NO2S. The molecule has 1 aromatic rings. The largest absolute Gasteiger partial charge is 0.244 e. The van der Waals surface area contributed by atoms with Gasteiger partial charge in [-0.25, -0.2) is 8.42 Å². The lowest BCUT2D eigenvalue weighted by Gasteiger charge is -2.29. The molecule has 7 heteroatoms. The monoisotopic (exact) mass is 459 g/mol. The van der Waals surface area contributed by atoms with Crippen LogP contribution in [0, 0.1) is 0 Å². The van der Waals surface area contributed by atoms with E-state index in [2.05, 4.69) is 47.8 Å². The first-order chi connectivity index (χ1) is 8.41. The Morgan fingerprint density at radius 1 is 1.28 bits per heavy atom. The summed E-state index contributed by atoms with van der Waals surface area (Å²) in [5, 5.41) is 0. The first kappa shape index (κ1) is 15.0. The van der Waals surface area contributed by atoms with Crippen LogP contribution in [0.5, 0.6) is 0 Å². The predicted molar refractivity (Wildman–Crippen MR) is 82.5 cm³/mol.